The van der Waals surface area contributed by atoms with E-state index in [0.717, 1.165) is 0 Å². The molecule has 0 bridgehead atoms. The maximum atomic E-state index is 12.8. The van der Waals surface area contributed by atoms with Crippen molar-refractivity contribution in [3.63, 3.8) is 0 Å². The summed E-state index contributed by atoms with van der Waals surface area (Å²) in [7, 11) is -2.25. The Morgan fingerprint density at radius 3 is 2.38 bits per heavy atom. The van der Waals surface area contributed by atoms with Crippen LogP contribution >= 0.6 is 11.6 Å². The van der Waals surface area contributed by atoms with Crippen LogP contribution in [0.5, 0.6) is 0 Å². The molecule has 0 unspecified atom stereocenters. The molecule has 0 heterocycles. The summed E-state index contributed by atoms with van der Waals surface area (Å²) in [5.74, 6) is 0. The number of rotatable bonds is 4. The van der Waals surface area contributed by atoms with E-state index >= 15 is 0 Å². The zero-order valence-electron chi connectivity index (χ0n) is 11.7. The second-order valence-corrected chi connectivity index (χ2v) is 7.03. The van der Waals surface area contributed by atoms with Crippen LogP contribution in [0.25, 0.3) is 0 Å². The Hall–Kier alpha value is -1.56. The molecule has 0 aliphatic rings. The van der Waals surface area contributed by atoms with Gasteiger partial charge in [0.15, 0.2) is 0 Å². The maximum absolute atomic E-state index is 12.8. The van der Waals surface area contributed by atoms with Gasteiger partial charge in [0.25, 0.3) is 10.0 Å². The van der Waals surface area contributed by atoms with Crippen LogP contribution < -0.4 is 4.31 Å². The summed E-state index contributed by atoms with van der Waals surface area (Å²) >= 11 is 5.96. The average molecular weight is 326 g/mol. The lowest BCUT2D eigenvalue weighted by Crippen LogP contribution is -2.27. The van der Waals surface area contributed by atoms with Crippen molar-refractivity contribution in [2.24, 2.45) is 0 Å². The van der Waals surface area contributed by atoms with Crippen molar-refractivity contribution in [3.8, 4) is 0 Å². The first-order valence-electron chi connectivity index (χ1n) is 6.31. The predicted molar refractivity (Wildman–Crippen MR) is 84.1 cm³/mol. The molecule has 112 valence electrons. The molecule has 1 N–H and O–H groups in total. The van der Waals surface area contributed by atoms with Crippen molar-refractivity contribution in [1.29, 1.82) is 0 Å². The van der Waals surface area contributed by atoms with Gasteiger partial charge in [-0.3, -0.25) is 4.31 Å². The summed E-state index contributed by atoms with van der Waals surface area (Å²) < 4.78 is 26.7. The monoisotopic (exact) mass is 325 g/mol. The van der Waals surface area contributed by atoms with Gasteiger partial charge in [-0.1, -0.05) is 29.8 Å². The van der Waals surface area contributed by atoms with Crippen molar-refractivity contribution in [2.75, 3.05) is 11.4 Å². The number of sulfonamides is 1. The largest absolute Gasteiger partial charge is 0.392 e. The Labute approximate surface area is 129 Å². The number of nitrogens with zero attached hydrogens (tertiary/aromatic N) is 1. The van der Waals surface area contributed by atoms with E-state index in [-0.39, 0.29) is 16.5 Å². The van der Waals surface area contributed by atoms with E-state index in [0.29, 0.717) is 16.8 Å². The number of anilines is 1. The fourth-order valence-corrected chi connectivity index (χ4v) is 3.86. The second-order valence-electron chi connectivity index (χ2n) is 4.65. The van der Waals surface area contributed by atoms with Crippen LogP contribution in [0.4, 0.5) is 5.69 Å². The molecular weight excluding hydrogens is 310 g/mol. The molecule has 6 heteroatoms. The van der Waals surface area contributed by atoms with E-state index in [1.165, 1.54) is 17.4 Å². The molecular formula is C15H16ClNO3S. The van der Waals surface area contributed by atoms with Crippen LogP contribution in [0.15, 0.2) is 47.4 Å². The third kappa shape index (κ3) is 3.05. The summed E-state index contributed by atoms with van der Waals surface area (Å²) in [5, 5.41) is 9.60. The Balaban J connectivity index is 2.57. The van der Waals surface area contributed by atoms with Gasteiger partial charge >= 0.3 is 0 Å². The fraction of sp³-hybridized carbons (Fsp3) is 0.200. The maximum Gasteiger partial charge on any atom is 0.264 e. The summed E-state index contributed by atoms with van der Waals surface area (Å²) in [6.45, 7) is 1.40. The van der Waals surface area contributed by atoms with Gasteiger partial charge in [0.05, 0.1) is 17.2 Å². The number of para-hydroxylation sites is 1. The Morgan fingerprint density at radius 1 is 1.19 bits per heavy atom. The van der Waals surface area contributed by atoms with Gasteiger partial charge in [-0.25, -0.2) is 8.42 Å². The zero-order chi connectivity index (χ0) is 15.6. The minimum Gasteiger partial charge on any atom is -0.392 e. The number of aliphatic hydroxyl groups excluding tert-OH is 1. The quantitative estimate of drug-likeness (QED) is 0.940. The lowest BCUT2D eigenvalue weighted by molar-refractivity contribution is 0.280. The molecule has 2 rings (SSSR count). The first-order valence-corrected chi connectivity index (χ1v) is 8.13. The van der Waals surface area contributed by atoms with Crippen molar-refractivity contribution in [1.82, 2.24) is 0 Å². The van der Waals surface area contributed by atoms with E-state index in [4.69, 9.17) is 11.6 Å². The van der Waals surface area contributed by atoms with Gasteiger partial charge in [-0.15, -0.1) is 0 Å². The van der Waals surface area contributed by atoms with Crippen molar-refractivity contribution in [3.05, 3.63) is 58.6 Å². The highest BCUT2D eigenvalue weighted by atomic mass is 35.5. The SMILES string of the molecule is Cc1c(CO)cc(Cl)cc1S(=O)(=O)N(C)c1ccccc1. The first kappa shape index (κ1) is 15.8. The summed E-state index contributed by atoms with van der Waals surface area (Å²) in [5.41, 5.74) is 1.56. The Morgan fingerprint density at radius 2 is 1.81 bits per heavy atom. The van der Waals surface area contributed by atoms with Crippen LogP contribution in [0, 0.1) is 6.92 Å². The number of halogens is 1. The molecule has 0 saturated carbocycles. The van der Waals surface area contributed by atoms with Gasteiger partial charge in [-0.2, -0.15) is 0 Å². The standard InChI is InChI=1S/C15H16ClNO3S/c1-11-12(10-18)8-13(16)9-15(11)21(19,20)17(2)14-6-4-3-5-7-14/h3-9,18H,10H2,1-2H3. The van der Waals surface area contributed by atoms with Gasteiger partial charge in [0, 0.05) is 12.1 Å². The van der Waals surface area contributed by atoms with E-state index < -0.39 is 10.0 Å². The van der Waals surface area contributed by atoms with E-state index in [1.807, 2.05) is 6.07 Å². The highest BCUT2D eigenvalue weighted by Crippen LogP contribution is 2.28. The van der Waals surface area contributed by atoms with Crippen molar-refractivity contribution >= 4 is 27.3 Å². The van der Waals surface area contributed by atoms with Gasteiger partial charge in [-0.05, 0) is 42.3 Å². The van der Waals surface area contributed by atoms with Crippen LogP contribution in [0.1, 0.15) is 11.1 Å². The van der Waals surface area contributed by atoms with Crippen LogP contribution in [-0.4, -0.2) is 20.6 Å². The lowest BCUT2D eigenvalue weighted by atomic mass is 10.1. The fourth-order valence-electron chi connectivity index (χ4n) is 2.06. The molecule has 4 nitrogen and oxygen atoms in total. The molecule has 0 aliphatic heterocycles. The smallest absolute Gasteiger partial charge is 0.264 e. The van der Waals surface area contributed by atoms with Crippen LogP contribution in [-0.2, 0) is 16.6 Å². The molecule has 0 aliphatic carbocycles. The Bertz CT molecular complexity index is 745. The summed E-state index contributed by atoms with van der Waals surface area (Å²) in [6, 6.07) is 11.8. The van der Waals surface area contributed by atoms with Crippen molar-refractivity contribution < 1.29 is 13.5 Å². The molecule has 21 heavy (non-hydrogen) atoms. The number of benzene rings is 2. The highest BCUT2D eigenvalue weighted by Gasteiger charge is 2.24. The molecule has 0 fully saturated rings. The third-order valence-electron chi connectivity index (χ3n) is 3.36. The van der Waals surface area contributed by atoms with E-state index in [9.17, 15) is 13.5 Å². The molecule has 0 atom stereocenters. The van der Waals surface area contributed by atoms with Gasteiger partial charge < -0.3 is 5.11 Å². The molecule has 0 radical (unpaired) electrons. The topological polar surface area (TPSA) is 57.6 Å². The van der Waals surface area contributed by atoms with Crippen LogP contribution in [0.2, 0.25) is 5.02 Å². The Kier molecular flexibility index (Phi) is 4.56. The number of hydrogen-bond donors (Lipinski definition) is 1. The average Bonchev–Trinajstić information content (AvgIpc) is 2.49. The van der Waals surface area contributed by atoms with E-state index in [1.54, 1.807) is 37.3 Å². The molecule has 0 saturated heterocycles. The molecule has 0 amide bonds. The zero-order valence-corrected chi connectivity index (χ0v) is 13.3. The molecule has 2 aromatic carbocycles. The summed E-state index contributed by atoms with van der Waals surface area (Å²) in [6.07, 6.45) is 0. The molecule has 0 aromatic heterocycles. The number of aliphatic hydroxyl groups is 1. The third-order valence-corrected chi connectivity index (χ3v) is 5.49. The van der Waals surface area contributed by atoms with Gasteiger partial charge in [0.2, 0.25) is 0 Å². The minimum atomic E-state index is -3.74. The second kappa shape index (κ2) is 6.05. The predicted octanol–water partition coefficient (Wildman–Crippen LogP) is 2.97. The summed E-state index contributed by atoms with van der Waals surface area (Å²) in [4.78, 5) is 0.102. The molecule has 0 spiro atoms. The number of hydrogen-bond acceptors (Lipinski definition) is 3. The van der Waals surface area contributed by atoms with E-state index in [2.05, 4.69) is 0 Å². The normalized spacial score (nSPS) is 11.4. The first-order chi connectivity index (χ1) is 9.87. The van der Waals surface area contributed by atoms with Gasteiger partial charge in [0.1, 0.15) is 0 Å². The lowest BCUT2D eigenvalue weighted by Gasteiger charge is -2.21. The molecule has 2 aromatic rings. The van der Waals surface area contributed by atoms with Crippen LogP contribution in [0.3, 0.4) is 0 Å². The minimum absolute atomic E-state index is 0.102. The van der Waals surface area contributed by atoms with Crippen molar-refractivity contribution in [2.45, 2.75) is 18.4 Å². The highest BCUT2D eigenvalue weighted by molar-refractivity contribution is 7.92.